The van der Waals surface area contributed by atoms with Crippen molar-refractivity contribution in [3.8, 4) is 0 Å². The van der Waals surface area contributed by atoms with Crippen molar-refractivity contribution in [2.75, 3.05) is 25.6 Å². The fourth-order valence-corrected chi connectivity index (χ4v) is 0.723. The summed E-state index contributed by atoms with van der Waals surface area (Å²) in [6.07, 6.45) is 0. The van der Waals surface area contributed by atoms with Crippen molar-refractivity contribution in [2.24, 2.45) is 5.92 Å². The third-order valence-electron chi connectivity index (χ3n) is 1.14. The molecule has 0 aromatic rings. The predicted molar refractivity (Wildman–Crippen MR) is 49.4 cm³/mol. The lowest BCUT2D eigenvalue weighted by Crippen LogP contribution is -2.28. The summed E-state index contributed by atoms with van der Waals surface area (Å²) in [4.78, 5) is 10.6. The van der Waals surface area contributed by atoms with E-state index < -0.39 is 0 Å². The van der Waals surface area contributed by atoms with Crippen LogP contribution in [0.3, 0.4) is 0 Å². The van der Waals surface area contributed by atoms with E-state index in [1.54, 1.807) is 0 Å². The topological polar surface area (TPSA) is 38.3 Å². The number of rotatable bonds is 6. The maximum Gasteiger partial charge on any atom is 0.235 e. The molecule has 0 aromatic carbocycles. The van der Waals surface area contributed by atoms with Gasteiger partial charge in [0, 0.05) is 13.2 Å². The van der Waals surface area contributed by atoms with Crippen LogP contribution in [0.15, 0.2) is 0 Å². The van der Waals surface area contributed by atoms with Gasteiger partial charge in [0.15, 0.2) is 0 Å². The first-order chi connectivity index (χ1) is 5.66. The maximum atomic E-state index is 10.6. The van der Waals surface area contributed by atoms with Gasteiger partial charge in [0.2, 0.25) is 5.91 Å². The Morgan fingerprint density at radius 2 is 2.25 bits per heavy atom. The van der Waals surface area contributed by atoms with Gasteiger partial charge in [0.1, 0.15) is 5.88 Å². The van der Waals surface area contributed by atoms with Crippen LogP contribution in [0.4, 0.5) is 0 Å². The smallest absolute Gasteiger partial charge is 0.235 e. The molecule has 0 aliphatic carbocycles. The average molecular weight is 194 g/mol. The summed E-state index contributed by atoms with van der Waals surface area (Å²) in [6, 6.07) is 0. The fraction of sp³-hybridized carbons (Fsp3) is 0.875. The van der Waals surface area contributed by atoms with E-state index in [4.69, 9.17) is 16.3 Å². The van der Waals surface area contributed by atoms with E-state index in [9.17, 15) is 4.79 Å². The van der Waals surface area contributed by atoms with Crippen LogP contribution in [-0.4, -0.2) is 31.5 Å². The number of halogens is 1. The molecule has 0 aliphatic heterocycles. The molecular weight excluding hydrogens is 178 g/mol. The van der Waals surface area contributed by atoms with Gasteiger partial charge in [-0.15, -0.1) is 11.6 Å². The van der Waals surface area contributed by atoms with E-state index >= 15 is 0 Å². The molecule has 4 heteroatoms. The van der Waals surface area contributed by atoms with E-state index in [-0.39, 0.29) is 11.8 Å². The minimum Gasteiger partial charge on any atom is -0.379 e. The number of hydrogen-bond donors (Lipinski definition) is 1. The summed E-state index contributed by atoms with van der Waals surface area (Å²) in [6.45, 7) is 5.99. The zero-order valence-electron chi connectivity index (χ0n) is 7.60. The van der Waals surface area contributed by atoms with Crippen LogP contribution < -0.4 is 5.32 Å². The van der Waals surface area contributed by atoms with Crippen molar-refractivity contribution in [1.29, 1.82) is 0 Å². The lowest BCUT2D eigenvalue weighted by atomic mass is 10.2. The summed E-state index contributed by atoms with van der Waals surface area (Å²) in [5.41, 5.74) is 0. The van der Waals surface area contributed by atoms with Gasteiger partial charge in [0.25, 0.3) is 0 Å². The van der Waals surface area contributed by atoms with Gasteiger partial charge in [-0.3, -0.25) is 4.79 Å². The van der Waals surface area contributed by atoms with Crippen molar-refractivity contribution < 1.29 is 9.53 Å². The van der Waals surface area contributed by atoms with E-state index in [1.807, 2.05) is 0 Å². The van der Waals surface area contributed by atoms with E-state index in [2.05, 4.69) is 19.2 Å². The molecule has 12 heavy (non-hydrogen) atoms. The van der Waals surface area contributed by atoms with Gasteiger partial charge in [-0.25, -0.2) is 0 Å². The second kappa shape index (κ2) is 7.37. The lowest BCUT2D eigenvalue weighted by Gasteiger charge is -2.06. The molecule has 1 N–H and O–H groups in total. The molecule has 0 bridgehead atoms. The first-order valence-corrected chi connectivity index (χ1v) is 4.60. The van der Waals surface area contributed by atoms with Gasteiger partial charge in [0.05, 0.1) is 6.61 Å². The van der Waals surface area contributed by atoms with Gasteiger partial charge >= 0.3 is 0 Å². The molecule has 0 atom stereocenters. The molecule has 0 aliphatic rings. The maximum absolute atomic E-state index is 10.6. The van der Waals surface area contributed by atoms with Crippen molar-refractivity contribution in [3.63, 3.8) is 0 Å². The third-order valence-corrected chi connectivity index (χ3v) is 1.38. The van der Waals surface area contributed by atoms with Gasteiger partial charge in [-0.05, 0) is 5.92 Å². The minimum atomic E-state index is -0.148. The number of carbonyl (C=O) groups excluding carboxylic acids is 1. The highest BCUT2D eigenvalue weighted by Crippen LogP contribution is 1.90. The molecule has 0 heterocycles. The third kappa shape index (κ3) is 7.82. The van der Waals surface area contributed by atoms with E-state index in [0.717, 1.165) is 6.61 Å². The zero-order chi connectivity index (χ0) is 9.40. The van der Waals surface area contributed by atoms with Crippen LogP contribution in [0.5, 0.6) is 0 Å². The summed E-state index contributed by atoms with van der Waals surface area (Å²) in [7, 11) is 0. The quantitative estimate of drug-likeness (QED) is 0.505. The monoisotopic (exact) mass is 193 g/mol. The molecule has 0 aromatic heterocycles. The number of carbonyl (C=O) groups is 1. The zero-order valence-corrected chi connectivity index (χ0v) is 8.36. The number of alkyl halides is 1. The second-order valence-corrected chi connectivity index (χ2v) is 3.22. The molecule has 0 fully saturated rings. The standard InChI is InChI=1S/C8H16ClNO2/c1-7(2)6-12-4-3-10-8(11)5-9/h7H,3-6H2,1-2H3,(H,10,11). The van der Waals surface area contributed by atoms with Crippen LogP contribution in [0.25, 0.3) is 0 Å². The minimum absolute atomic E-state index is 0.0180. The Labute approximate surface area is 78.4 Å². The second-order valence-electron chi connectivity index (χ2n) is 2.95. The number of amides is 1. The molecule has 0 rings (SSSR count). The highest BCUT2D eigenvalue weighted by molar-refractivity contribution is 6.27. The Kier molecular flexibility index (Phi) is 7.20. The van der Waals surface area contributed by atoms with Crippen LogP contribution in [0.1, 0.15) is 13.8 Å². The molecule has 72 valence electrons. The predicted octanol–water partition coefficient (Wildman–Crippen LogP) is 1.01. The SMILES string of the molecule is CC(C)COCCNC(=O)CCl. The fourth-order valence-electron chi connectivity index (χ4n) is 0.629. The highest BCUT2D eigenvalue weighted by atomic mass is 35.5. The normalized spacial score (nSPS) is 10.3. The summed E-state index contributed by atoms with van der Waals surface area (Å²) in [5, 5.41) is 2.61. The van der Waals surface area contributed by atoms with E-state index in [1.165, 1.54) is 0 Å². The average Bonchev–Trinajstić information content (AvgIpc) is 2.03. The van der Waals surface area contributed by atoms with Crippen molar-refractivity contribution >= 4 is 17.5 Å². The van der Waals surface area contributed by atoms with Crippen LogP contribution in [0.2, 0.25) is 0 Å². The molecule has 0 saturated carbocycles. The molecule has 0 saturated heterocycles. The Morgan fingerprint density at radius 3 is 2.75 bits per heavy atom. The largest absolute Gasteiger partial charge is 0.379 e. The van der Waals surface area contributed by atoms with Gasteiger partial charge in [-0.1, -0.05) is 13.8 Å². The van der Waals surface area contributed by atoms with Crippen LogP contribution in [0, 0.1) is 5.92 Å². The molecule has 1 amide bonds. The Morgan fingerprint density at radius 1 is 1.58 bits per heavy atom. The molecule has 0 radical (unpaired) electrons. The molecule has 0 unspecified atom stereocenters. The Balaban J connectivity index is 3.05. The Hall–Kier alpha value is -0.280. The van der Waals surface area contributed by atoms with Crippen LogP contribution >= 0.6 is 11.6 Å². The van der Waals surface area contributed by atoms with Crippen LogP contribution in [-0.2, 0) is 9.53 Å². The molecular formula is C8H16ClNO2. The number of nitrogens with one attached hydrogen (secondary N) is 1. The molecule has 0 spiro atoms. The number of ether oxygens (including phenoxy) is 1. The lowest BCUT2D eigenvalue weighted by molar-refractivity contribution is -0.118. The Bertz CT molecular complexity index is 128. The van der Waals surface area contributed by atoms with Crippen molar-refractivity contribution in [3.05, 3.63) is 0 Å². The number of hydrogen-bond acceptors (Lipinski definition) is 2. The van der Waals surface area contributed by atoms with Gasteiger partial charge in [-0.2, -0.15) is 0 Å². The van der Waals surface area contributed by atoms with Crippen molar-refractivity contribution in [2.45, 2.75) is 13.8 Å². The van der Waals surface area contributed by atoms with Gasteiger partial charge < -0.3 is 10.1 Å². The first kappa shape index (κ1) is 11.7. The summed E-state index contributed by atoms with van der Waals surface area (Å²) in [5.74, 6) is 0.406. The summed E-state index contributed by atoms with van der Waals surface area (Å²) >= 11 is 5.26. The first-order valence-electron chi connectivity index (χ1n) is 4.07. The van der Waals surface area contributed by atoms with E-state index in [0.29, 0.717) is 19.1 Å². The highest BCUT2D eigenvalue weighted by Gasteiger charge is 1.97. The molecule has 3 nitrogen and oxygen atoms in total. The van der Waals surface area contributed by atoms with Crippen molar-refractivity contribution in [1.82, 2.24) is 5.32 Å². The summed E-state index contributed by atoms with van der Waals surface area (Å²) < 4.78 is 5.23.